The molecule has 1 aliphatic rings. The third-order valence-electron chi connectivity index (χ3n) is 6.11. The molecule has 154 valence electrons. The van der Waals surface area contributed by atoms with E-state index in [9.17, 15) is 4.79 Å². The first kappa shape index (κ1) is 20.4. The molecule has 3 aromatic carbocycles. The quantitative estimate of drug-likeness (QED) is 0.617. The second kappa shape index (κ2) is 9.27. The lowest BCUT2D eigenvalue weighted by atomic mass is 9.96. The molecule has 3 aromatic rings. The highest BCUT2D eigenvalue weighted by atomic mass is 16.2. The molecule has 1 saturated heterocycles. The number of nitrogens with zero attached hydrogens (tertiary/aromatic N) is 2. The summed E-state index contributed by atoms with van der Waals surface area (Å²) < 4.78 is 0. The van der Waals surface area contributed by atoms with E-state index in [0.717, 1.165) is 31.7 Å². The Morgan fingerprint density at radius 1 is 0.800 bits per heavy atom. The van der Waals surface area contributed by atoms with Gasteiger partial charge in [0.2, 0.25) is 5.91 Å². The normalized spacial score (nSPS) is 14.8. The van der Waals surface area contributed by atoms with E-state index in [1.54, 1.807) is 0 Å². The Morgan fingerprint density at radius 2 is 1.37 bits per heavy atom. The highest BCUT2D eigenvalue weighted by Gasteiger charge is 2.28. The van der Waals surface area contributed by atoms with Gasteiger partial charge in [-0.1, -0.05) is 84.4 Å². The van der Waals surface area contributed by atoms with E-state index in [1.165, 1.54) is 22.3 Å². The summed E-state index contributed by atoms with van der Waals surface area (Å²) in [6.07, 6.45) is 0.494. The first-order valence-corrected chi connectivity index (χ1v) is 10.8. The molecule has 0 bridgehead atoms. The summed E-state index contributed by atoms with van der Waals surface area (Å²) in [4.78, 5) is 17.5. The fourth-order valence-corrected chi connectivity index (χ4v) is 4.38. The number of piperazine rings is 1. The van der Waals surface area contributed by atoms with Crippen LogP contribution in [0.2, 0.25) is 0 Å². The lowest BCUT2D eigenvalue weighted by Gasteiger charge is -2.40. The van der Waals surface area contributed by atoms with Crippen LogP contribution >= 0.6 is 0 Å². The zero-order valence-electron chi connectivity index (χ0n) is 17.9. The smallest absolute Gasteiger partial charge is 0.227 e. The molecule has 0 aromatic heterocycles. The van der Waals surface area contributed by atoms with Gasteiger partial charge in [-0.15, -0.1) is 0 Å². The molecule has 4 rings (SSSR count). The van der Waals surface area contributed by atoms with Crippen molar-refractivity contribution in [2.45, 2.75) is 26.3 Å². The molecule has 0 aliphatic carbocycles. The molecule has 0 N–H and O–H groups in total. The Kier molecular flexibility index (Phi) is 6.29. The number of hydrogen-bond donors (Lipinski definition) is 0. The van der Waals surface area contributed by atoms with Crippen LogP contribution in [0, 0.1) is 13.8 Å². The van der Waals surface area contributed by atoms with Crippen LogP contribution in [0.3, 0.4) is 0 Å². The standard InChI is InChI=1S/C27H30N2O/c1-21-13-14-22(2)25(19-21)20-26(30)28-15-17-29(18-16-28)27(23-9-5-3-6-10-23)24-11-7-4-8-12-24/h3-14,19,27H,15-18,20H2,1-2H3. The second-order valence-electron chi connectivity index (χ2n) is 8.25. The van der Waals surface area contributed by atoms with Gasteiger partial charge in [-0.05, 0) is 36.1 Å². The molecule has 0 unspecified atom stereocenters. The molecule has 0 radical (unpaired) electrons. The molecular weight excluding hydrogens is 368 g/mol. The average molecular weight is 399 g/mol. The zero-order valence-corrected chi connectivity index (χ0v) is 17.9. The Balaban J connectivity index is 1.46. The van der Waals surface area contributed by atoms with Crippen LogP contribution in [-0.4, -0.2) is 41.9 Å². The van der Waals surface area contributed by atoms with Gasteiger partial charge in [-0.25, -0.2) is 0 Å². The van der Waals surface area contributed by atoms with Crippen LogP contribution in [0.1, 0.15) is 33.9 Å². The number of aryl methyl sites for hydroxylation is 2. The molecule has 3 nitrogen and oxygen atoms in total. The van der Waals surface area contributed by atoms with Gasteiger partial charge in [0, 0.05) is 26.2 Å². The van der Waals surface area contributed by atoms with Gasteiger partial charge in [0.1, 0.15) is 0 Å². The summed E-state index contributed by atoms with van der Waals surface area (Å²) in [5.41, 5.74) is 6.16. The van der Waals surface area contributed by atoms with Crippen molar-refractivity contribution in [3.8, 4) is 0 Å². The molecule has 1 aliphatic heterocycles. The average Bonchev–Trinajstić information content (AvgIpc) is 2.78. The van der Waals surface area contributed by atoms with E-state index in [4.69, 9.17) is 0 Å². The molecule has 3 heteroatoms. The summed E-state index contributed by atoms with van der Waals surface area (Å²) in [5, 5.41) is 0. The summed E-state index contributed by atoms with van der Waals surface area (Å²) in [6, 6.07) is 28.0. The van der Waals surface area contributed by atoms with Gasteiger partial charge in [-0.2, -0.15) is 0 Å². The van der Waals surface area contributed by atoms with Gasteiger partial charge in [0.25, 0.3) is 0 Å². The minimum absolute atomic E-state index is 0.226. The van der Waals surface area contributed by atoms with Crippen LogP contribution in [-0.2, 0) is 11.2 Å². The van der Waals surface area contributed by atoms with Gasteiger partial charge >= 0.3 is 0 Å². The van der Waals surface area contributed by atoms with Gasteiger partial charge in [-0.3, -0.25) is 9.69 Å². The van der Waals surface area contributed by atoms with Gasteiger partial charge < -0.3 is 4.90 Å². The Morgan fingerprint density at radius 3 is 1.93 bits per heavy atom. The van der Waals surface area contributed by atoms with E-state index in [0.29, 0.717) is 6.42 Å². The van der Waals surface area contributed by atoms with Crippen LogP contribution in [0.5, 0.6) is 0 Å². The van der Waals surface area contributed by atoms with Crippen molar-refractivity contribution in [2.24, 2.45) is 0 Å². The Labute approximate surface area is 180 Å². The van der Waals surface area contributed by atoms with E-state index in [-0.39, 0.29) is 11.9 Å². The monoisotopic (exact) mass is 398 g/mol. The number of hydrogen-bond acceptors (Lipinski definition) is 2. The van der Waals surface area contributed by atoms with Gasteiger partial charge in [0.15, 0.2) is 0 Å². The fraction of sp³-hybridized carbons (Fsp3) is 0.296. The number of benzene rings is 3. The number of carbonyl (C=O) groups excluding carboxylic acids is 1. The molecule has 1 fully saturated rings. The Bertz CT molecular complexity index is 937. The first-order chi connectivity index (χ1) is 14.6. The van der Waals surface area contributed by atoms with Crippen molar-refractivity contribution >= 4 is 5.91 Å². The van der Waals surface area contributed by atoms with Crippen molar-refractivity contribution in [3.63, 3.8) is 0 Å². The van der Waals surface area contributed by atoms with E-state index in [2.05, 4.69) is 97.6 Å². The minimum Gasteiger partial charge on any atom is -0.340 e. The van der Waals surface area contributed by atoms with E-state index < -0.39 is 0 Å². The van der Waals surface area contributed by atoms with Crippen LogP contribution in [0.15, 0.2) is 78.9 Å². The third kappa shape index (κ3) is 4.63. The lowest BCUT2D eigenvalue weighted by molar-refractivity contribution is -0.132. The van der Waals surface area contributed by atoms with Crippen LogP contribution < -0.4 is 0 Å². The molecule has 0 spiro atoms. The summed E-state index contributed by atoms with van der Waals surface area (Å²) in [7, 11) is 0. The first-order valence-electron chi connectivity index (χ1n) is 10.8. The molecule has 1 amide bonds. The zero-order chi connectivity index (χ0) is 20.9. The predicted octanol–water partition coefficient (Wildman–Crippen LogP) is 4.78. The number of carbonyl (C=O) groups is 1. The SMILES string of the molecule is Cc1ccc(C)c(CC(=O)N2CCN(C(c3ccccc3)c3ccccc3)CC2)c1. The molecule has 0 atom stereocenters. The number of amides is 1. The Hall–Kier alpha value is -2.91. The highest BCUT2D eigenvalue weighted by Crippen LogP contribution is 2.29. The fourth-order valence-electron chi connectivity index (χ4n) is 4.38. The minimum atomic E-state index is 0.226. The predicted molar refractivity (Wildman–Crippen MR) is 123 cm³/mol. The molecule has 1 heterocycles. The lowest BCUT2D eigenvalue weighted by Crippen LogP contribution is -2.50. The second-order valence-corrected chi connectivity index (χ2v) is 8.25. The summed E-state index contributed by atoms with van der Waals surface area (Å²) in [6.45, 7) is 7.49. The third-order valence-corrected chi connectivity index (χ3v) is 6.11. The molecular formula is C27H30N2O. The number of rotatable bonds is 5. The summed E-state index contributed by atoms with van der Waals surface area (Å²) >= 11 is 0. The van der Waals surface area contributed by atoms with E-state index >= 15 is 0 Å². The molecule has 0 saturated carbocycles. The summed E-state index contributed by atoms with van der Waals surface area (Å²) in [5.74, 6) is 0.235. The highest BCUT2D eigenvalue weighted by molar-refractivity contribution is 5.79. The van der Waals surface area contributed by atoms with Crippen molar-refractivity contribution < 1.29 is 4.79 Å². The van der Waals surface area contributed by atoms with Gasteiger partial charge in [0.05, 0.1) is 12.5 Å². The maximum Gasteiger partial charge on any atom is 0.227 e. The van der Waals surface area contributed by atoms with Crippen molar-refractivity contribution in [2.75, 3.05) is 26.2 Å². The van der Waals surface area contributed by atoms with Crippen molar-refractivity contribution in [1.82, 2.24) is 9.80 Å². The van der Waals surface area contributed by atoms with Crippen LogP contribution in [0.25, 0.3) is 0 Å². The maximum absolute atomic E-state index is 13.0. The van der Waals surface area contributed by atoms with Crippen LogP contribution in [0.4, 0.5) is 0 Å². The van der Waals surface area contributed by atoms with Crippen molar-refractivity contribution in [3.05, 3.63) is 107 Å². The molecule has 30 heavy (non-hydrogen) atoms. The maximum atomic E-state index is 13.0. The largest absolute Gasteiger partial charge is 0.340 e. The van der Waals surface area contributed by atoms with Crippen molar-refractivity contribution in [1.29, 1.82) is 0 Å². The topological polar surface area (TPSA) is 23.6 Å². The van der Waals surface area contributed by atoms with E-state index in [1.807, 2.05) is 4.90 Å².